The lowest BCUT2D eigenvalue weighted by atomic mass is 9.83. The average Bonchev–Trinajstić information content (AvgIpc) is 3.73. The fourth-order valence-corrected chi connectivity index (χ4v) is 6.10. The van der Waals surface area contributed by atoms with E-state index in [-0.39, 0.29) is 0 Å². The van der Waals surface area contributed by atoms with Gasteiger partial charge in [0.05, 0.1) is 22.1 Å². The van der Waals surface area contributed by atoms with Crippen LogP contribution in [0.4, 0.5) is 11.9 Å². The Kier molecular flexibility index (Phi) is 5.63. The minimum Gasteiger partial charge on any atom is -0.325 e. The molecular formula is C30H22Br2N10. The predicted molar refractivity (Wildman–Crippen MR) is 172 cm³/mol. The molecule has 0 fully saturated rings. The second-order valence-electron chi connectivity index (χ2n) is 10.1. The summed E-state index contributed by atoms with van der Waals surface area (Å²) in [6, 6.07) is 31.9. The van der Waals surface area contributed by atoms with Crippen LogP contribution in [0.15, 0.2) is 116 Å². The number of nitrogens with one attached hydrogen (secondary N) is 6. The van der Waals surface area contributed by atoms with Crippen molar-refractivity contribution in [2.24, 2.45) is 9.98 Å². The zero-order chi connectivity index (χ0) is 28.3. The highest BCUT2D eigenvalue weighted by molar-refractivity contribution is 9.10. The standard InChI is InChI=1S/C30H22Br2N10/c31-19-13-9-17(10-14-19)29-30(18-11-15-20(32)16-12-18,40-27(39-29)37-25-33-21-5-1-2-6-22(21)34-25)42-28(41-29)38-26-35-23-7-3-4-8-24(23)36-26/h1-16H,(H3,33,34,37,39,40)(H3,35,36,38,41,42). The van der Waals surface area contributed by atoms with Gasteiger partial charge in [0.2, 0.25) is 29.5 Å². The largest absolute Gasteiger partial charge is 0.325 e. The third-order valence-electron chi connectivity index (χ3n) is 7.46. The number of aromatic nitrogens is 4. The maximum atomic E-state index is 5.24. The Bertz CT molecular complexity index is 1860. The second-order valence-corrected chi connectivity index (χ2v) is 11.9. The molecule has 2 aliphatic heterocycles. The van der Waals surface area contributed by atoms with Gasteiger partial charge in [0.25, 0.3) is 0 Å². The summed E-state index contributed by atoms with van der Waals surface area (Å²) < 4.78 is 1.93. The number of nitrogens with zero attached hydrogens (tertiary/aromatic N) is 4. The molecule has 6 aromatic rings. The van der Waals surface area contributed by atoms with Gasteiger partial charge in [-0.15, -0.1) is 0 Å². The van der Waals surface area contributed by atoms with Gasteiger partial charge in [0.1, 0.15) is 0 Å². The van der Waals surface area contributed by atoms with Gasteiger partial charge in [-0.2, -0.15) is 0 Å². The third kappa shape index (κ3) is 3.97. The topological polar surface area (TPSA) is 130 Å². The van der Waals surface area contributed by atoms with Crippen molar-refractivity contribution < 1.29 is 0 Å². The molecule has 2 aromatic heterocycles. The van der Waals surface area contributed by atoms with E-state index < -0.39 is 11.3 Å². The number of aromatic amines is 2. The number of fused-ring (bicyclic) bond motifs is 3. The number of hydrogen-bond donors (Lipinski definition) is 6. The summed E-state index contributed by atoms with van der Waals surface area (Å²) in [7, 11) is 0. The van der Waals surface area contributed by atoms with Crippen LogP contribution in [0, 0.1) is 0 Å². The first kappa shape index (κ1) is 25.1. The molecule has 6 N–H and O–H groups in total. The minimum absolute atomic E-state index is 0.513. The predicted octanol–water partition coefficient (Wildman–Crippen LogP) is 6.11. The van der Waals surface area contributed by atoms with E-state index in [0.29, 0.717) is 23.8 Å². The molecule has 4 aromatic carbocycles. The zero-order valence-corrected chi connectivity index (χ0v) is 25.0. The van der Waals surface area contributed by atoms with Crippen molar-refractivity contribution in [2.75, 3.05) is 10.6 Å². The van der Waals surface area contributed by atoms with Crippen molar-refractivity contribution in [1.29, 1.82) is 0 Å². The van der Waals surface area contributed by atoms with Gasteiger partial charge in [-0.25, -0.2) is 20.0 Å². The number of H-pyrrole nitrogens is 2. The number of imidazole rings is 2. The van der Waals surface area contributed by atoms with Crippen LogP contribution in [-0.4, -0.2) is 31.9 Å². The number of hydrogen-bond acceptors (Lipinski definition) is 8. The lowest BCUT2D eigenvalue weighted by Crippen LogP contribution is -2.60. The van der Waals surface area contributed by atoms with Gasteiger partial charge in [0.15, 0.2) is 5.66 Å². The molecule has 206 valence electrons. The highest BCUT2D eigenvalue weighted by Gasteiger charge is 2.63. The average molecular weight is 682 g/mol. The van der Waals surface area contributed by atoms with Crippen LogP contribution < -0.4 is 21.3 Å². The zero-order valence-electron chi connectivity index (χ0n) is 21.8. The van der Waals surface area contributed by atoms with Gasteiger partial charge >= 0.3 is 0 Å². The molecule has 42 heavy (non-hydrogen) atoms. The van der Waals surface area contributed by atoms with Gasteiger partial charge in [-0.05, 0) is 48.5 Å². The Labute approximate surface area is 256 Å². The highest BCUT2D eigenvalue weighted by Crippen LogP contribution is 2.50. The van der Waals surface area contributed by atoms with Crippen LogP contribution in [0.25, 0.3) is 22.1 Å². The molecule has 2 aliphatic rings. The molecule has 0 saturated carbocycles. The SMILES string of the molecule is Brc1ccc(C23N=C(Nc4nc5ccccc5[nH]4)NC2(c2ccc(Br)cc2)NC(Nc2nc4ccccc4[nH]2)=N3)cc1. The molecule has 0 bridgehead atoms. The van der Waals surface area contributed by atoms with Gasteiger partial charge in [-0.3, -0.25) is 10.6 Å². The van der Waals surface area contributed by atoms with E-state index in [1.807, 2.05) is 84.9 Å². The quantitative estimate of drug-likeness (QED) is 0.133. The van der Waals surface area contributed by atoms with Gasteiger partial charge in [-0.1, -0.05) is 80.4 Å². The number of para-hydroxylation sites is 4. The fraction of sp³-hybridized carbons (Fsp3) is 0.0667. The number of aliphatic imine (C=N–C) groups is 2. The molecule has 8 rings (SSSR count). The van der Waals surface area contributed by atoms with Gasteiger partial charge in [0, 0.05) is 20.1 Å². The first-order valence-corrected chi connectivity index (χ1v) is 14.8. The van der Waals surface area contributed by atoms with Crippen molar-refractivity contribution in [1.82, 2.24) is 30.6 Å². The van der Waals surface area contributed by atoms with Crippen molar-refractivity contribution >= 4 is 77.7 Å². The maximum absolute atomic E-state index is 5.24. The van der Waals surface area contributed by atoms with E-state index >= 15 is 0 Å². The van der Waals surface area contributed by atoms with E-state index in [1.165, 1.54) is 0 Å². The fourth-order valence-electron chi connectivity index (χ4n) is 5.57. The third-order valence-corrected chi connectivity index (χ3v) is 8.52. The molecule has 0 spiro atoms. The van der Waals surface area contributed by atoms with Crippen LogP contribution in [0.5, 0.6) is 0 Å². The lowest BCUT2D eigenvalue weighted by molar-refractivity contribution is 0.234. The summed E-state index contributed by atoms with van der Waals surface area (Å²) >= 11 is 7.16. The number of halogens is 2. The van der Waals surface area contributed by atoms with E-state index in [9.17, 15) is 0 Å². The highest BCUT2D eigenvalue weighted by atomic mass is 79.9. The van der Waals surface area contributed by atoms with Crippen LogP contribution in [-0.2, 0) is 11.3 Å². The number of rotatable bonds is 4. The summed E-state index contributed by atoms with van der Waals surface area (Å²) in [5.74, 6) is 2.17. The Morgan fingerprint density at radius 3 is 1.48 bits per heavy atom. The molecule has 0 amide bonds. The molecule has 0 radical (unpaired) electrons. The monoisotopic (exact) mass is 680 g/mol. The molecule has 10 nitrogen and oxygen atoms in total. The summed E-state index contributed by atoms with van der Waals surface area (Å²) in [4.78, 5) is 26.5. The molecule has 12 heteroatoms. The van der Waals surface area contributed by atoms with Crippen LogP contribution >= 0.6 is 31.9 Å². The van der Waals surface area contributed by atoms with Crippen molar-refractivity contribution in [2.45, 2.75) is 11.3 Å². The van der Waals surface area contributed by atoms with E-state index in [4.69, 9.17) is 20.0 Å². The van der Waals surface area contributed by atoms with Crippen LogP contribution in [0.1, 0.15) is 11.1 Å². The van der Waals surface area contributed by atoms with Crippen molar-refractivity contribution in [3.8, 4) is 0 Å². The van der Waals surface area contributed by atoms with E-state index in [2.05, 4.69) is 75.2 Å². The van der Waals surface area contributed by atoms with Gasteiger partial charge < -0.3 is 20.6 Å². The summed E-state index contributed by atoms with van der Waals surface area (Å²) in [5, 5.41) is 14.0. The van der Waals surface area contributed by atoms with E-state index in [1.54, 1.807) is 0 Å². The lowest BCUT2D eigenvalue weighted by Gasteiger charge is -2.37. The molecule has 0 atom stereocenters. The number of guanidine groups is 2. The summed E-state index contributed by atoms with van der Waals surface area (Å²) in [6.45, 7) is 0. The molecule has 0 aliphatic carbocycles. The molecule has 0 unspecified atom stereocenters. The van der Waals surface area contributed by atoms with Crippen LogP contribution in [0.3, 0.4) is 0 Å². The molecule has 4 heterocycles. The second kappa shape index (κ2) is 9.43. The summed E-state index contributed by atoms with van der Waals surface area (Å²) in [5.41, 5.74) is 3.26. The Balaban J connectivity index is 1.27. The first-order chi connectivity index (χ1) is 20.5. The number of benzene rings is 4. The molecular weight excluding hydrogens is 660 g/mol. The Morgan fingerprint density at radius 1 is 0.548 bits per heavy atom. The van der Waals surface area contributed by atoms with Crippen molar-refractivity contribution in [3.63, 3.8) is 0 Å². The molecule has 0 saturated heterocycles. The first-order valence-electron chi connectivity index (χ1n) is 13.2. The smallest absolute Gasteiger partial charge is 0.228 e. The Morgan fingerprint density at radius 2 is 1.00 bits per heavy atom. The van der Waals surface area contributed by atoms with Crippen molar-refractivity contribution in [3.05, 3.63) is 117 Å². The normalized spacial score (nSPS) is 21.0. The van der Waals surface area contributed by atoms with E-state index in [0.717, 1.165) is 42.1 Å². The Hall–Kier alpha value is -4.68. The number of anilines is 2. The summed E-state index contributed by atoms with van der Waals surface area (Å²) in [6.07, 6.45) is 0. The maximum Gasteiger partial charge on any atom is 0.228 e. The van der Waals surface area contributed by atoms with Crippen LogP contribution in [0.2, 0.25) is 0 Å². The minimum atomic E-state index is -1.13.